The van der Waals surface area contributed by atoms with Gasteiger partial charge in [0.2, 0.25) is 0 Å². The first-order valence-corrected chi connectivity index (χ1v) is 7.34. The van der Waals surface area contributed by atoms with Crippen LogP contribution in [0.4, 0.5) is 0 Å². The predicted octanol–water partition coefficient (Wildman–Crippen LogP) is 1.14. The molecule has 6 nitrogen and oxygen atoms in total. The molecule has 3 rings (SSSR count). The first kappa shape index (κ1) is 14.7. The molecule has 6 heteroatoms. The van der Waals surface area contributed by atoms with E-state index in [1.54, 1.807) is 18.3 Å². The number of hydrogen-bond donors (Lipinski definition) is 2. The van der Waals surface area contributed by atoms with Crippen molar-refractivity contribution in [3.63, 3.8) is 0 Å². The van der Waals surface area contributed by atoms with E-state index in [-0.39, 0.29) is 12.5 Å². The minimum absolute atomic E-state index is 0.230. The lowest BCUT2D eigenvalue weighted by Gasteiger charge is -2.32. The number of nitrogens with zero attached hydrogens (tertiary/aromatic N) is 2. The third-order valence-electron chi connectivity index (χ3n) is 3.88. The summed E-state index contributed by atoms with van der Waals surface area (Å²) in [4.78, 5) is 16.4. The van der Waals surface area contributed by atoms with E-state index in [0.29, 0.717) is 31.6 Å². The van der Waals surface area contributed by atoms with Crippen LogP contribution in [0.2, 0.25) is 0 Å². The van der Waals surface area contributed by atoms with Crippen molar-refractivity contribution in [3.05, 3.63) is 48.4 Å². The fourth-order valence-corrected chi connectivity index (χ4v) is 2.44. The molecular weight excluding hydrogens is 282 g/mol. The lowest BCUT2D eigenvalue weighted by molar-refractivity contribution is -0.0605. The highest BCUT2D eigenvalue weighted by molar-refractivity contribution is 5.93. The van der Waals surface area contributed by atoms with Gasteiger partial charge in [0, 0.05) is 51.2 Å². The summed E-state index contributed by atoms with van der Waals surface area (Å²) in [6, 6.07) is 7.34. The Morgan fingerprint density at radius 2 is 2.05 bits per heavy atom. The predicted molar refractivity (Wildman–Crippen MR) is 80.9 cm³/mol. The quantitative estimate of drug-likeness (QED) is 0.888. The fourth-order valence-electron chi connectivity index (χ4n) is 2.44. The Bertz CT molecular complexity index is 617. The molecule has 1 amide bonds. The number of rotatable bonds is 4. The van der Waals surface area contributed by atoms with E-state index in [4.69, 9.17) is 4.74 Å². The van der Waals surface area contributed by atoms with Gasteiger partial charge in [0.25, 0.3) is 5.91 Å². The first-order valence-electron chi connectivity index (χ1n) is 7.34. The summed E-state index contributed by atoms with van der Waals surface area (Å²) >= 11 is 0. The van der Waals surface area contributed by atoms with Crippen LogP contribution in [0.25, 0.3) is 5.82 Å². The summed E-state index contributed by atoms with van der Waals surface area (Å²) in [7, 11) is 0. The maximum atomic E-state index is 12.1. The average molecular weight is 301 g/mol. The van der Waals surface area contributed by atoms with E-state index >= 15 is 0 Å². The molecule has 1 aliphatic rings. The largest absolute Gasteiger partial charge is 0.388 e. The normalized spacial score (nSPS) is 17.1. The van der Waals surface area contributed by atoms with Crippen molar-refractivity contribution in [1.29, 1.82) is 0 Å². The van der Waals surface area contributed by atoms with Crippen LogP contribution in [0.5, 0.6) is 0 Å². The summed E-state index contributed by atoms with van der Waals surface area (Å²) in [6.07, 6.45) is 6.40. The lowest BCUT2D eigenvalue weighted by Crippen LogP contribution is -2.46. The smallest absolute Gasteiger partial charge is 0.252 e. The summed E-state index contributed by atoms with van der Waals surface area (Å²) in [5.74, 6) is 0.524. The van der Waals surface area contributed by atoms with Gasteiger partial charge in [-0.05, 0) is 24.3 Å². The summed E-state index contributed by atoms with van der Waals surface area (Å²) in [5, 5.41) is 13.1. The Morgan fingerprint density at radius 3 is 2.68 bits per heavy atom. The molecule has 0 radical (unpaired) electrons. The number of aromatic nitrogens is 2. The highest BCUT2D eigenvalue weighted by Crippen LogP contribution is 2.19. The Labute approximate surface area is 128 Å². The van der Waals surface area contributed by atoms with Gasteiger partial charge in [0.05, 0.1) is 11.2 Å². The number of nitrogens with one attached hydrogen (secondary N) is 1. The minimum Gasteiger partial charge on any atom is -0.388 e. The average Bonchev–Trinajstić information content (AvgIpc) is 3.08. The second-order valence-corrected chi connectivity index (χ2v) is 5.51. The Kier molecular flexibility index (Phi) is 4.22. The number of pyridine rings is 1. The molecule has 0 saturated carbocycles. The molecule has 3 heterocycles. The zero-order valence-electron chi connectivity index (χ0n) is 12.2. The second kappa shape index (κ2) is 6.29. The van der Waals surface area contributed by atoms with Crippen LogP contribution >= 0.6 is 0 Å². The minimum atomic E-state index is -0.869. The van der Waals surface area contributed by atoms with Crippen LogP contribution in [0.1, 0.15) is 23.2 Å². The number of aliphatic hydroxyl groups is 1. The maximum absolute atomic E-state index is 12.1. The monoisotopic (exact) mass is 301 g/mol. The highest BCUT2D eigenvalue weighted by atomic mass is 16.5. The van der Waals surface area contributed by atoms with Crippen LogP contribution < -0.4 is 5.32 Å². The van der Waals surface area contributed by atoms with Crippen molar-refractivity contribution in [2.24, 2.45) is 0 Å². The van der Waals surface area contributed by atoms with Crippen molar-refractivity contribution in [2.45, 2.75) is 18.4 Å². The third kappa shape index (κ3) is 3.35. The maximum Gasteiger partial charge on any atom is 0.252 e. The van der Waals surface area contributed by atoms with Gasteiger partial charge in [-0.2, -0.15) is 0 Å². The number of amides is 1. The standard InChI is InChI=1S/C16H19N3O3/c20-15(18-12-16(21)5-9-22-10-6-16)13-3-4-14(17-11-13)19-7-1-2-8-19/h1-4,7-8,11,21H,5-6,9-10,12H2,(H,18,20). The molecule has 116 valence electrons. The van der Waals surface area contributed by atoms with Crippen LogP contribution in [0, 0.1) is 0 Å². The number of ether oxygens (including phenoxy) is 1. The van der Waals surface area contributed by atoms with Crippen LogP contribution in [0.15, 0.2) is 42.9 Å². The number of hydrogen-bond acceptors (Lipinski definition) is 4. The van der Waals surface area contributed by atoms with E-state index in [2.05, 4.69) is 10.3 Å². The molecule has 1 aliphatic heterocycles. The number of carbonyl (C=O) groups is 1. The molecule has 22 heavy (non-hydrogen) atoms. The van der Waals surface area contributed by atoms with Crippen molar-refractivity contribution in [2.75, 3.05) is 19.8 Å². The summed E-state index contributed by atoms with van der Waals surface area (Å²) in [5.41, 5.74) is -0.390. The molecule has 0 atom stereocenters. The molecule has 0 aromatic carbocycles. The molecule has 0 unspecified atom stereocenters. The van der Waals surface area contributed by atoms with Gasteiger partial charge < -0.3 is 19.7 Å². The fraction of sp³-hybridized carbons (Fsp3) is 0.375. The Morgan fingerprint density at radius 1 is 1.32 bits per heavy atom. The molecule has 0 spiro atoms. The molecule has 0 aliphatic carbocycles. The molecule has 1 saturated heterocycles. The van der Waals surface area contributed by atoms with Crippen LogP contribution in [-0.2, 0) is 4.74 Å². The molecule has 2 N–H and O–H groups in total. The van der Waals surface area contributed by atoms with Crippen LogP contribution in [-0.4, -0.2) is 45.9 Å². The Hall–Kier alpha value is -2.18. The van der Waals surface area contributed by atoms with Crippen molar-refractivity contribution < 1.29 is 14.6 Å². The second-order valence-electron chi connectivity index (χ2n) is 5.51. The van der Waals surface area contributed by atoms with E-state index in [1.807, 2.05) is 29.1 Å². The number of carbonyl (C=O) groups excluding carboxylic acids is 1. The van der Waals surface area contributed by atoms with E-state index in [1.165, 1.54) is 0 Å². The SMILES string of the molecule is O=C(NCC1(O)CCOCC1)c1ccc(-n2cccc2)nc1. The van der Waals surface area contributed by atoms with Gasteiger partial charge in [-0.15, -0.1) is 0 Å². The highest BCUT2D eigenvalue weighted by Gasteiger charge is 2.30. The first-order chi connectivity index (χ1) is 10.7. The molecule has 2 aromatic rings. The third-order valence-corrected chi connectivity index (χ3v) is 3.88. The summed E-state index contributed by atoms with van der Waals surface area (Å²) < 4.78 is 7.09. The topological polar surface area (TPSA) is 76.4 Å². The van der Waals surface area contributed by atoms with Gasteiger partial charge in [-0.3, -0.25) is 4.79 Å². The van der Waals surface area contributed by atoms with Gasteiger partial charge in [-0.1, -0.05) is 0 Å². The van der Waals surface area contributed by atoms with E-state index in [9.17, 15) is 9.90 Å². The van der Waals surface area contributed by atoms with Gasteiger partial charge >= 0.3 is 0 Å². The van der Waals surface area contributed by atoms with E-state index < -0.39 is 5.60 Å². The van der Waals surface area contributed by atoms with Crippen molar-refractivity contribution in [3.8, 4) is 5.82 Å². The molecule has 1 fully saturated rings. The Balaban J connectivity index is 1.60. The lowest BCUT2D eigenvalue weighted by atomic mass is 9.94. The van der Waals surface area contributed by atoms with Crippen molar-refractivity contribution >= 4 is 5.91 Å². The van der Waals surface area contributed by atoms with E-state index in [0.717, 1.165) is 5.82 Å². The van der Waals surface area contributed by atoms with Gasteiger partial charge in [0.1, 0.15) is 5.82 Å². The van der Waals surface area contributed by atoms with Gasteiger partial charge in [0.15, 0.2) is 0 Å². The van der Waals surface area contributed by atoms with Gasteiger partial charge in [-0.25, -0.2) is 4.98 Å². The summed E-state index contributed by atoms with van der Waals surface area (Å²) in [6.45, 7) is 1.29. The molecule has 2 aromatic heterocycles. The van der Waals surface area contributed by atoms with Crippen LogP contribution in [0.3, 0.4) is 0 Å². The molecular formula is C16H19N3O3. The zero-order chi connectivity index (χ0) is 15.4. The van der Waals surface area contributed by atoms with Crippen molar-refractivity contribution in [1.82, 2.24) is 14.9 Å². The molecule has 0 bridgehead atoms. The zero-order valence-corrected chi connectivity index (χ0v) is 12.2.